The largest absolute Gasteiger partial charge is 0.454 e. The minimum Gasteiger partial charge on any atom is -0.454 e. The summed E-state index contributed by atoms with van der Waals surface area (Å²) < 4.78 is 41.7. The summed E-state index contributed by atoms with van der Waals surface area (Å²) in [5, 5.41) is 0.645. The topological polar surface area (TPSA) is 121 Å². The number of hydrogen-bond acceptors (Lipinski definition) is 7. The quantitative estimate of drug-likeness (QED) is 0.188. The highest BCUT2D eigenvalue weighted by Crippen LogP contribution is 2.27. The molecule has 0 saturated carbocycles. The maximum atomic E-state index is 13.6. The number of halogens is 1. The van der Waals surface area contributed by atoms with Crippen LogP contribution in [0.2, 0.25) is 5.02 Å². The summed E-state index contributed by atoms with van der Waals surface area (Å²) in [7, 11) is -1.42. The summed E-state index contributed by atoms with van der Waals surface area (Å²) in [5.41, 5.74) is 0.616. The molecule has 210 valence electrons. The van der Waals surface area contributed by atoms with Crippen molar-refractivity contribution in [3.63, 3.8) is 0 Å². The number of rotatable bonds is 8. The molecule has 0 aliphatic heterocycles. The first-order chi connectivity index (χ1) is 19.5. The standard InChI is InChI=1S/C29H24ClN3O7S/c1-18-27(28(35)33(31(18)2)20-10-5-4-6-11-20)32(3)41(37,38)21-13-14-23(30)22(16-21)29(36)39-17-24(34)26-15-19-9-7-8-12-25(19)40-26/h4-16H,17H2,1-3H3. The summed E-state index contributed by atoms with van der Waals surface area (Å²) in [4.78, 5) is 38.5. The third kappa shape index (κ3) is 5.05. The number of ketones is 1. The third-order valence-corrected chi connectivity index (χ3v) is 8.77. The molecule has 12 heteroatoms. The van der Waals surface area contributed by atoms with Gasteiger partial charge in [-0.1, -0.05) is 48.0 Å². The van der Waals surface area contributed by atoms with E-state index in [1.807, 2.05) is 0 Å². The van der Waals surface area contributed by atoms with Gasteiger partial charge in [-0.15, -0.1) is 0 Å². The Hall–Kier alpha value is -4.61. The van der Waals surface area contributed by atoms with Crippen LogP contribution in [0, 0.1) is 6.92 Å². The molecular weight excluding hydrogens is 570 g/mol. The Bertz CT molecular complexity index is 1940. The number of carbonyl (C=O) groups excluding carboxylic acids is 2. The van der Waals surface area contributed by atoms with Gasteiger partial charge in [-0.3, -0.25) is 18.6 Å². The molecule has 41 heavy (non-hydrogen) atoms. The molecule has 0 spiro atoms. The van der Waals surface area contributed by atoms with E-state index in [2.05, 4.69) is 0 Å². The SMILES string of the molecule is Cc1c(N(C)S(=O)(=O)c2ccc(Cl)c(C(=O)OCC(=O)c3cc4ccccc4o3)c2)c(=O)n(-c2ccccc2)n1C. The van der Waals surface area contributed by atoms with Crippen LogP contribution >= 0.6 is 11.6 Å². The molecule has 0 aliphatic rings. The van der Waals surface area contributed by atoms with Gasteiger partial charge in [0.15, 0.2) is 12.4 Å². The molecule has 0 aliphatic carbocycles. The normalized spacial score (nSPS) is 11.5. The van der Waals surface area contributed by atoms with E-state index in [-0.39, 0.29) is 26.9 Å². The van der Waals surface area contributed by atoms with Gasteiger partial charge in [0.05, 0.1) is 26.9 Å². The predicted molar refractivity (Wildman–Crippen MR) is 154 cm³/mol. The highest BCUT2D eigenvalue weighted by molar-refractivity contribution is 7.92. The second-order valence-corrected chi connectivity index (χ2v) is 11.5. The van der Waals surface area contributed by atoms with Gasteiger partial charge >= 0.3 is 5.97 Å². The maximum absolute atomic E-state index is 13.6. The van der Waals surface area contributed by atoms with Gasteiger partial charge in [-0.25, -0.2) is 17.9 Å². The Morgan fingerprint density at radius 1 is 1.00 bits per heavy atom. The number of aromatic nitrogens is 2. The van der Waals surface area contributed by atoms with Gasteiger partial charge in [-0.05, 0) is 49.4 Å². The molecule has 0 radical (unpaired) electrons. The lowest BCUT2D eigenvalue weighted by Gasteiger charge is -2.18. The summed E-state index contributed by atoms with van der Waals surface area (Å²) >= 11 is 6.20. The lowest BCUT2D eigenvalue weighted by atomic mass is 10.2. The number of fused-ring (bicyclic) bond motifs is 1. The molecule has 0 fully saturated rings. The number of sulfonamides is 1. The third-order valence-electron chi connectivity index (χ3n) is 6.69. The minimum atomic E-state index is -4.33. The van der Waals surface area contributed by atoms with Gasteiger partial charge in [0, 0.05) is 19.5 Å². The number of ether oxygens (including phenoxy) is 1. The highest BCUT2D eigenvalue weighted by atomic mass is 35.5. The first-order valence-electron chi connectivity index (χ1n) is 12.3. The van der Waals surface area contributed by atoms with E-state index in [9.17, 15) is 22.8 Å². The number of benzene rings is 3. The number of furan rings is 1. The van der Waals surface area contributed by atoms with Crippen molar-refractivity contribution in [1.82, 2.24) is 9.36 Å². The van der Waals surface area contributed by atoms with E-state index in [1.54, 1.807) is 79.3 Å². The Labute approximate surface area is 240 Å². The monoisotopic (exact) mass is 593 g/mol. The Kier molecular flexibility index (Phi) is 7.33. The number of carbonyl (C=O) groups is 2. The molecule has 0 N–H and O–H groups in total. The van der Waals surface area contributed by atoms with E-state index < -0.39 is 33.9 Å². The Morgan fingerprint density at radius 3 is 2.39 bits per heavy atom. The molecular formula is C29H24ClN3O7S. The van der Waals surface area contributed by atoms with Crippen LogP contribution in [0.3, 0.4) is 0 Å². The van der Waals surface area contributed by atoms with Crippen LogP contribution in [0.5, 0.6) is 0 Å². The van der Waals surface area contributed by atoms with E-state index in [1.165, 1.54) is 23.9 Å². The summed E-state index contributed by atoms with van der Waals surface area (Å²) in [5.74, 6) is -1.56. The molecule has 2 aromatic heterocycles. The number of para-hydroxylation sites is 2. The highest BCUT2D eigenvalue weighted by Gasteiger charge is 2.30. The zero-order chi connectivity index (χ0) is 29.5. The Balaban J connectivity index is 1.40. The summed E-state index contributed by atoms with van der Waals surface area (Å²) in [6, 6.07) is 20.9. The van der Waals surface area contributed by atoms with Crippen molar-refractivity contribution in [2.75, 3.05) is 18.0 Å². The number of hydrogen-bond donors (Lipinski definition) is 0. The smallest absolute Gasteiger partial charge is 0.340 e. The van der Waals surface area contributed by atoms with Crippen molar-refractivity contribution in [1.29, 1.82) is 0 Å². The van der Waals surface area contributed by atoms with Crippen molar-refractivity contribution >= 4 is 50.0 Å². The number of anilines is 1. The molecule has 0 bridgehead atoms. The van der Waals surface area contributed by atoms with Crippen LogP contribution in [-0.4, -0.2) is 43.2 Å². The van der Waals surface area contributed by atoms with E-state index >= 15 is 0 Å². The number of Topliss-reactive ketones (excluding diaryl/α,β-unsaturated/α-hetero) is 1. The van der Waals surface area contributed by atoms with Crippen LogP contribution < -0.4 is 9.86 Å². The van der Waals surface area contributed by atoms with Gasteiger partial charge in [-0.2, -0.15) is 0 Å². The Morgan fingerprint density at radius 2 is 1.68 bits per heavy atom. The van der Waals surface area contributed by atoms with Gasteiger partial charge < -0.3 is 9.15 Å². The zero-order valence-electron chi connectivity index (χ0n) is 22.2. The first kappa shape index (κ1) is 27.9. The van der Waals surface area contributed by atoms with Crippen molar-refractivity contribution in [3.8, 4) is 5.69 Å². The summed E-state index contributed by atoms with van der Waals surface area (Å²) in [6.45, 7) is 0.986. The van der Waals surface area contributed by atoms with Crippen molar-refractivity contribution in [2.24, 2.45) is 7.05 Å². The number of nitrogens with zero attached hydrogens (tertiary/aromatic N) is 3. The fourth-order valence-electron chi connectivity index (χ4n) is 4.42. The van der Waals surface area contributed by atoms with Crippen LogP contribution in [0.1, 0.15) is 26.6 Å². The van der Waals surface area contributed by atoms with Crippen LogP contribution in [0.25, 0.3) is 16.7 Å². The van der Waals surface area contributed by atoms with Crippen LogP contribution in [0.15, 0.2) is 93.0 Å². The predicted octanol–water partition coefficient (Wildman–Crippen LogP) is 4.75. The molecule has 5 aromatic rings. The van der Waals surface area contributed by atoms with Crippen LogP contribution in [0.4, 0.5) is 5.69 Å². The molecule has 3 aromatic carbocycles. The van der Waals surface area contributed by atoms with Gasteiger partial charge in [0.1, 0.15) is 11.3 Å². The van der Waals surface area contributed by atoms with Gasteiger partial charge in [0.2, 0.25) is 5.78 Å². The molecule has 0 unspecified atom stereocenters. The fraction of sp³-hybridized carbons (Fsp3) is 0.138. The molecule has 2 heterocycles. The molecule has 10 nitrogen and oxygen atoms in total. The number of esters is 1. The average Bonchev–Trinajstić information content (AvgIpc) is 3.49. The lowest BCUT2D eigenvalue weighted by Crippen LogP contribution is -2.32. The lowest BCUT2D eigenvalue weighted by molar-refractivity contribution is 0.0468. The molecule has 0 amide bonds. The minimum absolute atomic E-state index is 0.0161. The van der Waals surface area contributed by atoms with Crippen molar-refractivity contribution < 1.29 is 27.2 Å². The maximum Gasteiger partial charge on any atom is 0.340 e. The molecule has 5 rings (SSSR count). The summed E-state index contributed by atoms with van der Waals surface area (Å²) in [6.07, 6.45) is 0. The first-order valence-corrected chi connectivity index (χ1v) is 14.1. The fourth-order valence-corrected chi connectivity index (χ4v) is 5.88. The van der Waals surface area contributed by atoms with Gasteiger partial charge in [0.25, 0.3) is 15.6 Å². The van der Waals surface area contributed by atoms with E-state index in [0.717, 1.165) is 15.8 Å². The molecule has 0 saturated heterocycles. The molecule has 0 atom stereocenters. The second kappa shape index (κ2) is 10.8. The van der Waals surface area contributed by atoms with E-state index in [0.29, 0.717) is 17.0 Å². The zero-order valence-corrected chi connectivity index (χ0v) is 23.8. The van der Waals surface area contributed by atoms with Crippen molar-refractivity contribution in [2.45, 2.75) is 11.8 Å². The van der Waals surface area contributed by atoms with E-state index in [4.69, 9.17) is 20.8 Å². The average molecular weight is 594 g/mol. The second-order valence-electron chi connectivity index (χ2n) is 9.17. The van der Waals surface area contributed by atoms with Crippen molar-refractivity contribution in [3.05, 3.63) is 111 Å². The van der Waals surface area contributed by atoms with Crippen LogP contribution in [-0.2, 0) is 21.8 Å².